The maximum atomic E-state index is 3.01. The van der Waals surface area contributed by atoms with Gasteiger partial charge in [0, 0.05) is 0 Å². The molecule has 0 N–H and O–H groups in total. The van der Waals surface area contributed by atoms with Crippen LogP contribution in [0.15, 0.2) is 29.5 Å². The van der Waals surface area contributed by atoms with Gasteiger partial charge < -0.3 is 0 Å². The van der Waals surface area contributed by atoms with Gasteiger partial charge in [-0.1, -0.05) is 19.9 Å². The van der Waals surface area contributed by atoms with Crippen molar-refractivity contribution in [3.8, 4) is 0 Å². The quantitative estimate of drug-likeness (QED) is 0.450. The summed E-state index contributed by atoms with van der Waals surface area (Å²) in [5.74, 6) is 0.654. The fraction of sp³-hybridized carbons (Fsp3) is 0.375. The Morgan fingerprint density at radius 2 is 2.25 bits per heavy atom. The van der Waals surface area contributed by atoms with Crippen molar-refractivity contribution in [3.63, 3.8) is 0 Å². The lowest BCUT2D eigenvalue weighted by molar-refractivity contribution is 0.794. The maximum absolute atomic E-state index is 3.01. The molecule has 0 spiro atoms. The van der Waals surface area contributed by atoms with E-state index in [1.807, 2.05) is 12.2 Å². The van der Waals surface area contributed by atoms with E-state index in [2.05, 4.69) is 25.7 Å². The minimum Gasteiger partial charge on any atom is -0.121 e. The minimum atomic E-state index is 0.654. The average molecular weight is 106 g/mol. The Kier molecular flexibility index (Phi) is 1.36. The largest absolute Gasteiger partial charge is 0.121 e. The number of hydrogen-bond acceptors (Lipinski definition) is 0. The molecule has 0 unspecified atom stereocenters. The van der Waals surface area contributed by atoms with Crippen LogP contribution in [-0.2, 0) is 0 Å². The van der Waals surface area contributed by atoms with Gasteiger partial charge >= 0.3 is 0 Å². The summed E-state index contributed by atoms with van der Waals surface area (Å²) in [6.45, 7) is 4.37. The smallest absolute Gasteiger partial charge is 0.0165 e. The van der Waals surface area contributed by atoms with Gasteiger partial charge in [0.05, 0.1) is 0 Å². The van der Waals surface area contributed by atoms with Crippen molar-refractivity contribution in [3.05, 3.63) is 29.5 Å². The van der Waals surface area contributed by atoms with E-state index in [9.17, 15) is 0 Å². The summed E-state index contributed by atoms with van der Waals surface area (Å²) < 4.78 is 0. The van der Waals surface area contributed by atoms with Gasteiger partial charge in [0.15, 0.2) is 0 Å². The Morgan fingerprint density at radius 3 is 2.50 bits per heavy atom. The van der Waals surface area contributed by atoms with E-state index in [1.165, 1.54) is 5.57 Å². The van der Waals surface area contributed by atoms with Gasteiger partial charge in [-0.05, 0) is 23.6 Å². The molecule has 0 fully saturated rings. The van der Waals surface area contributed by atoms with Crippen LogP contribution in [0, 0.1) is 5.92 Å². The second-order valence-electron chi connectivity index (χ2n) is 2.30. The molecule has 0 aromatic carbocycles. The van der Waals surface area contributed by atoms with Crippen LogP contribution < -0.4 is 0 Å². The Morgan fingerprint density at radius 1 is 1.50 bits per heavy atom. The fourth-order valence-electron chi connectivity index (χ4n) is 0.696. The van der Waals surface area contributed by atoms with E-state index >= 15 is 0 Å². The second kappa shape index (κ2) is 2.02. The van der Waals surface area contributed by atoms with Gasteiger partial charge in [-0.2, -0.15) is 0 Å². The summed E-state index contributed by atoms with van der Waals surface area (Å²) in [6, 6.07) is 0. The second-order valence-corrected chi connectivity index (χ2v) is 2.30. The normalized spacial score (nSPS) is 15.6. The first kappa shape index (κ1) is 5.40. The van der Waals surface area contributed by atoms with Crippen molar-refractivity contribution in [2.45, 2.75) is 13.8 Å². The molecule has 0 saturated heterocycles. The van der Waals surface area contributed by atoms with Crippen LogP contribution in [0.25, 0.3) is 0 Å². The molecule has 42 valence electrons. The lowest BCUT2D eigenvalue weighted by Crippen LogP contribution is -1.86. The van der Waals surface area contributed by atoms with E-state index < -0.39 is 0 Å². The molecule has 0 radical (unpaired) electrons. The topological polar surface area (TPSA) is 0 Å². The van der Waals surface area contributed by atoms with Crippen LogP contribution in [-0.4, -0.2) is 0 Å². The highest BCUT2D eigenvalue weighted by molar-refractivity contribution is 5.30. The molecule has 0 bridgehead atoms. The third-order valence-electron chi connectivity index (χ3n) is 1.29. The number of allylic oxidation sites excluding steroid dienone is 3. The van der Waals surface area contributed by atoms with E-state index in [0.717, 1.165) is 0 Å². The summed E-state index contributed by atoms with van der Waals surface area (Å²) in [5, 5.41) is 0. The SMILES string of the molecule is CC(C)C1=CC=C=C1. The van der Waals surface area contributed by atoms with Crippen LogP contribution in [0.1, 0.15) is 13.8 Å². The molecule has 0 heterocycles. The molecular formula is C8H10. The molecule has 1 rings (SSSR count). The average Bonchev–Trinajstić information content (AvgIpc) is 2.12. The van der Waals surface area contributed by atoms with Crippen molar-refractivity contribution < 1.29 is 0 Å². The third-order valence-corrected chi connectivity index (χ3v) is 1.29. The van der Waals surface area contributed by atoms with E-state index in [4.69, 9.17) is 0 Å². The van der Waals surface area contributed by atoms with Crippen LogP contribution in [0.2, 0.25) is 0 Å². The van der Waals surface area contributed by atoms with Gasteiger partial charge in [-0.15, -0.1) is 5.73 Å². The monoisotopic (exact) mass is 106 g/mol. The van der Waals surface area contributed by atoms with Gasteiger partial charge in [-0.25, -0.2) is 0 Å². The molecule has 0 nitrogen and oxygen atoms in total. The third kappa shape index (κ3) is 0.907. The van der Waals surface area contributed by atoms with Crippen molar-refractivity contribution in [1.82, 2.24) is 0 Å². The number of rotatable bonds is 1. The zero-order valence-corrected chi connectivity index (χ0v) is 5.31. The molecule has 1 aliphatic carbocycles. The Bertz CT molecular complexity index is 164. The van der Waals surface area contributed by atoms with Crippen molar-refractivity contribution >= 4 is 0 Å². The molecule has 0 aliphatic heterocycles. The van der Waals surface area contributed by atoms with E-state index in [-0.39, 0.29) is 0 Å². The zero-order chi connectivity index (χ0) is 5.98. The van der Waals surface area contributed by atoms with Crippen molar-refractivity contribution in [1.29, 1.82) is 0 Å². The number of hydrogen-bond donors (Lipinski definition) is 0. The van der Waals surface area contributed by atoms with Crippen LogP contribution >= 0.6 is 0 Å². The lowest BCUT2D eigenvalue weighted by atomic mass is 10.1. The Balaban J connectivity index is 2.65. The molecule has 0 heteroatoms. The van der Waals surface area contributed by atoms with Crippen LogP contribution in [0.5, 0.6) is 0 Å². The van der Waals surface area contributed by atoms with E-state index in [0.29, 0.717) is 5.92 Å². The molecule has 0 atom stereocenters. The Labute approximate surface area is 50.2 Å². The zero-order valence-electron chi connectivity index (χ0n) is 5.31. The summed E-state index contributed by atoms with van der Waals surface area (Å²) in [5.41, 5.74) is 4.39. The van der Waals surface area contributed by atoms with Gasteiger partial charge in [0.25, 0.3) is 0 Å². The first-order chi connectivity index (χ1) is 3.80. The lowest BCUT2D eigenvalue weighted by Gasteiger charge is -1.99. The molecule has 0 aromatic heterocycles. The van der Waals surface area contributed by atoms with Crippen molar-refractivity contribution in [2.75, 3.05) is 0 Å². The standard InChI is InChI=1S/C8H10/c1-7(2)8-5-3-4-6-8/h3,5-7H,1-2H3. The highest BCUT2D eigenvalue weighted by atomic mass is 14.0. The molecule has 8 heavy (non-hydrogen) atoms. The van der Waals surface area contributed by atoms with E-state index in [1.54, 1.807) is 0 Å². The van der Waals surface area contributed by atoms with Crippen LogP contribution in [0.3, 0.4) is 0 Å². The maximum Gasteiger partial charge on any atom is -0.0165 e. The minimum absolute atomic E-state index is 0.654. The van der Waals surface area contributed by atoms with Crippen LogP contribution in [0.4, 0.5) is 0 Å². The van der Waals surface area contributed by atoms with Crippen molar-refractivity contribution in [2.24, 2.45) is 5.92 Å². The summed E-state index contributed by atoms with van der Waals surface area (Å²) in [7, 11) is 0. The highest BCUT2D eigenvalue weighted by Crippen LogP contribution is 2.12. The fourth-order valence-corrected chi connectivity index (χ4v) is 0.696. The molecule has 1 aliphatic rings. The predicted molar refractivity (Wildman–Crippen MR) is 35.6 cm³/mol. The molecule has 0 amide bonds. The summed E-state index contributed by atoms with van der Waals surface area (Å²) >= 11 is 0. The van der Waals surface area contributed by atoms with Gasteiger partial charge in [0.1, 0.15) is 0 Å². The predicted octanol–water partition coefficient (Wildman–Crippen LogP) is 2.29. The first-order valence-electron chi connectivity index (χ1n) is 2.93. The summed E-state index contributed by atoms with van der Waals surface area (Å²) in [6.07, 6.45) is 6.09. The summed E-state index contributed by atoms with van der Waals surface area (Å²) in [4.78, 5) is 0. The Hall–Kier alpha value is -0.740. The van der Waals surface area contributed by atoms with Gasteiger partial charge in [0.2, 0.25) is 0 Å². The highest BCUT2D eigenvalue weighted by Gasteiger charge is 1.97. The first-order valence-corrected chi connectivity index (χ1v) is 2.93. The molecule has 0 aromatic rings. The molecule has 0 saturated carbocycles. The van der Waals surface area contributed by atoms with Gasteiger partial charge in [-0.3, -0.25) is 0 Å². The molecular weight excluding hydrogens is 96.1 g/mol.